The highest BCUT2D eigenvalue weighted by Gasteiger charge is 2.08. The molecular weight excluding hydrogens is 240 g/mol. The van der Waals surface area contributed by atoms with E-state index in [4.69, 9.17) is 9.47 Å². The van der Waals surface area contributed by atoms with Gasteiger partial charge in [-0.1, -0.05) is 17.9 Å². The maximum atomic E-state index is 5.32. The molecule has 0 bridgehead atoms. The minimum absolute atomic E-state index is 0.757. The third-order valence-corrected chi connectivity index (χ3v) is 3.15. The van der Waals surface area contributed by atoms with Crippen molar-refractivity contribution in [3.63, 3.8) is 0 Å². The lowest BCUT2D eigenvalue weighted by molar-refractivity contribution is 0.268. The van der Waals surface area contributed by atoms with Gasteiger partial charge in [-0.2, -0.15) is 0 Å². The Bertz CT molecular complexity index is 449. The molecule has 1 heterocycles. The fourth-order valence-corrected chi connectivity index (χ4v) is 2.08. The molecule has 0 atom stereocenters. The zero-order valence-corrected chi connectivity index (χ0v) is 11.5. The van der Waals surface area contributed by atoms with E-state index in [1.165, 1.54) is 0 Å². The number of hydrogen-bond donors (Lipinski definition) is 1. The molecule has 1 aromatic carbocycles. The van der Waals surface area contributed by atoms with Crippen LogP contribution >= 0.6 is 0 Å². The molecule has 0 amide bonds. The summed E-state index contributed by atoms with van der Waals surface area (Å²) in [4.78, 5) is 2.34. The Kier molecular flexibility index (Phi) is 5.08. The molecule has 102 valence electrons. The minimum atomic E-state index is 0.757. The summed E-state index contributed by atoms with van der Waals surface area (Å²) in [5, 5.41) is 3.33. The van der Waals surface area contributed by atoms with Gasteiger partial charge in [-0.3, -0.25) is 4.90 Å². The molecule has 1 aliphatic heterocycles. The summed E-state index contributed by atoms with van der Waals surface area (Å²) in [5.41, 5.74) is 0.822. The molecule has 2 rings (SSSR count). The van der Waals surface area contributed by atoms with Crippen molar-refractivity contribution in [2.45, 2.75) is 0 Å². The van der Waals surface area contributed by atoms with Gasteiger partial charge in [0, 0.05) is 26.2 Å². The zero-order chi connectivity index (χ0) is 13.5. The van der Waals surface area contributed by atoms with Crippen molar-refractivity contribution in [2.75, 3.05) is 46.9 Å². The molecule has 1 aliphatic rings. The van der Waals surface area contributed by atoms with Crippen molar-refractivity contribution in [1.82, 2.24) is 10.2 Å². The van der Waals surface area contributed by atoms with Crippen LogP contribution in [0.5, 0.6) is 11.5 Å². The number of benzene rings is 1. The molecule has 0 unspecified atom stereocenters. The van der Waals surface area contributed by atoms with Crippen molar-refractivity contribution in [1.29, 1.82) is 0 Å². The number of hydrogen-bond acceptors (Lipinski definition) is 4. The van der Waals surface area contributed by atoms with Gasteiger partial charge in [-0.15, -0.1) is 0 Å². The Labute approximate surface area is 114 Å². The monoisotopic (exact) mass is 260 g/mol. The largest absolute Gasteiger partial charge is 0.495 e. The zero-order valence-electron chi connectivity index (χ0n) is 11.5. The topological polar surface area (TPSA) is 33.7 Å². The van der Waals surface area contributed by atoms with Crippen LogP contribution in [0.3, 0.4) is 0 Å². The fraction of sp³-hybridized carbons (Fsp3) is 0.467. The molecule has 1 aromatic rings. The van der Waals surface area contributed by atoms with Crippen LogP contribution in [0, 0.1) is 11.8 Å². The second-order valence-corrected chi connectivity index (χ2v) is 4.37. The third-order valence-electron chi connectivity index (χ3n) is 3.15. The summed E-state index contributed by atoms with van der Waals surface area (Å²) in [5.74, 6) is 7.89. The van der Waals surface area contributed by atoms with E-state index in [1.54, 1.807) is 14.2 Å². The molecule has 0 aliphatic carbocycles. The van der Waals surface area contributed by atoms with Gasteiger partial charge in [0.1, 0.15) is 17.1 Å². The first-order valence-corrected chi connectivity index (χ1v) is 6.48. The summed E-state index contributed by atoms with van der Waals surface area (Å²) >= 11 is 0. The number of methoxy groups -OCH3 is 2. The lowest BCUT2D eigenvalue weighted by atomic mass is 10.2. The lowest BCUT2D eigenvalue weighted by Crippen LogP contribution is -2.43. The number of piperazine rings is 1. The first-order chi connectivity index (χ1) is 9.35. The molecule has 4 heteroatoms. The molecule has 0 radical (unpaired) electrons. The highest BCUT2D eigenvalue weighted by molar-refractivity contribution is 5.55. The average molecular weight is 260 g/mol. The number of nitrogens with zero attached hydrogens (tertiary/aromatic N) is 1. The summed E-state index contributed by atoms with van der Waals surface area (Å²) in [6.07, 6.45) is 0. The summed E-state index contributed by atoms with van der Waals surface area (Å²) in [6, 6.07) is 5.70. The smallest absolute Gasteiger partial charge is 0.138 e. The maximum absolute atomic E-state index is 5.32. The molecule has 1 saturated heterocycles. The maximum Gasteiger partial charge on any atom is 0.138 e. The van der Waals surface area contributed by atoms with E-state index in [0.717, 1.165) is 49.8 Å². The van der Waals surface area contributed by atoms with E-state index in [9.17, 15) is 0 Å². The minimum Gasteiger partial charge on any atom is -0.495 e. The van der Waals surface area contributed by atoms with E-state index in [0.29, 0.717) is 0 Å². The second-order valence-electron chi connectivity index (χ2n) is 4.37. The Balaban J connectivity index is 2.09. The van der Waals surface area contributed by atoms with Gasteiger partial charge in [0.25, 0.3) is 0 Å². The van der Waals surface area contributed by atoms with Crippen LogP contribution in [-0.2, 0) is 0 Å². The van der Waals surface area contributed by atoms with Gasteiger partial charge in [0.15, 0.2) is 0 Å². The number of rotatable bonds is 3. The van der Waals surface area contributed by atoms with Crippen molar-refractivity contribution in [3.8, 4) is 23.3 Å². The summed E-state index contributed by atoms with van der Waals surface area (Å²) in [7, 11) is 3.30. The lowest BCUT2D eigenvalue weighted by Gasteiger charge is -2.24. The van der Waals surface area contributed by atoms with Gasteiger partial charge < -0.3 is 14.8 Å². The number of nitrogens with one attached hydrogen (secondary N) is 1. The van der Waals surface area contributed by atoms with Gasteiger partial charge in [0.2, 0.25) is 0 Å². The van der Waals surface area contributed by atoms with Gasteiger partial charge in [-0.25, -0.2) is 0 Å². The highest BCUT2D eigenvalue weighted by Crippen LogP contribution is 2.26. The first kappa shape index (κ1) is 13.7. The molecule has 0 saturated carbocycles. The van der Waals surface area contributed by atoms with Crippen LogP contribution < -0.4 is 14.8 Å². The Morgan fingerprint density at radius 1 is 1.16 bits per heavy atom. The normalized spacial score (nSPS) is 15.5. The quantitative estimate of drug-likeness (QED) is 0.821. The number of ether oxygens (including phenoxy) is 2. The van der Waals surface area contributed by atoms with Gasteiger partial charge >= 0.3 is 0 Å². The molecule has 0 aromatic heterocycles. The SMILES string of the molecule is COc1cccc(OC)c1C#CCN1CCNCC1. The first-order valence-electron chi connectivity index (χ1n) is 6.48. The van der Waals surface area contributed by atoms with Gasteiger partial charge in [-0.05, 0) is 12.1 Å². The van der Waals surface area contributed by atoms with E-state index in [-0.39, 0.29) is 0 Å². The van der Waals surface area contributed by atoms with Crippen LogP contribution in [0.25, 0.3) is 0 Å². The van der Waals surface area contributed by atoms with Crippen molar-refractivity contribution < 1.29 is 9.47 Å². The van der Waals surface area contributed by atoms with Crippen molar-refractivity contribution in [2.24, 2.45) is 0 Å². The van der Waals surface area contributed by atoms with Gasteiger partial charge in [0.05, 0.1) is 20.8 Å². The Hall–Kier alpha value is -1.70. The molecule has 4 nitrogen and oxygen atoms in total. The van der Waals surface area contributed by atoms with Crippen LogP contribution in [-0.4, -0.2) is 51.8 Å². The van der Waals surface area contributed by atoms with Crippen LogP contribution in [0.2, 0.25) is 0 Å². The molecule has 1 N–H and O–H groups in total. The van der Waals surface area contributed by atoms with E-state index in [1.807, 2.05) is 18.2 Å². The van der Waals surface area contributed by atoms with E-state index < -0.39 is 0 Å². The molecule has 1 fully saturated rings. The Morgan fingerprint density at radius 3 is 2.37 bits per heavy atom. The molecular formula is C15H20N2O2. The summed E-state index contributed by atoms with van der Waals surface area (Å²) < 4.78 is 10.6. The summed E-state index contributed by atoms with van der Waals surface area (Å²) in [6.45, 7) is 4.97. The predicted octanol–water partition coefficient (Wildman–Crippen LogP) is 0.960. The van der Waals surface area contributed by atoms with E-state index >= 15 is 0 Å². The standard InChI is InChI=1S/C15H20N2O2/c1-18-14-6-3-7-15(19-2)13(14)5-4-10-17-11-8-16-9-12-17/h3,6-7,16H,8-12H2,1-2H3. The van der Waals surface area contributed by atoms with Crippen LogP contribution in [0.1, 0.15) is 5.56 Å². The predicted molar refractivity (Wildman–Crippen MR) is 75.7 cm³/mol. The van der Waals surface area contributed by atoms with Crippen molar-refractivity contribution in [3.05, 3.63) is 23.8 Å². The highest BCUT2D eigenvalue weighted by atomic mass is 16.5. The average Bonchev–Trinajstić information content (AvgIpc) is 2.48. The molecule has 19 heavy (non-hydrogen) atoms. The molecule has 0 spiro atoms. The second kappa shape index (κ2) is 7.03. The van der Waals surface area contributed by atoms with Crippen LogP contribution in [0.15, 0.2) is 18.2 Å². The van der Waals surface area contributed by atoms with Crippen LogP contribution in [0.4, 0.5) is 0 Å². The fourth-order valence-electron chi connectivity index (χ4n) is 2.08. The van der Waals surface area contributed by atoms with E-state index in [2.05, 4.69) is 22.1 Å². The third kappa shape index (κ3) is 3.63. The van der Waals surface area contributed by atoms with Crippen molar-refractivity contribution >= 4 is 0 Å². The Morgan fingerprint density at radius 2 is 1.79 bits per heavy atom.